The molecule has 1 rings (SSSR count). The molecule has 1 aromatic rings. The molecule has 76 valence electrons. The number of esters is 1. The van der Waals surface area contributed by atoms with Gasteiger partial charge in [0, 0.05) is 0 Å². The molecule has 0 heterocycles. The van der Waals surface area contributed by atoms with E-state index >= 15 is 0 Å². The van der Waals surface area contributed by atoms with Gasteiger partial charge in [0.2, 0.25) is 0 Å². The first-order valence-corrected chi connectivity index (χ1v) is 4.69. The van der Waals surface area contributed by atoms with Crippen LogP contribution in [0.4, 0.5) is 0 Å². The summed E-state index contributed by atoms with van der Waals surface area (Å²) in [5.41, 5.74) is 6.58. The lowest BCUT2D eigenvalue weighted by Crippen LogP contribution is -2.30. The van der Waals surface area contributed by atoms with Gasteiger partial charge in [-0.05, 0) is 31.0 Å². The molecule has 0 bridgehead atoms. The molecule has 0 aliphatic carbocycles. The van der Waals surface area contributed by atoms with E-state index in [1.54, 1.807) is 19.1 Å². The van der Waals surface area contributed by atoms with Gasteiger partial charge in [-0.2, -0.15) is 0 Å². The molecule has 3 nitrogen and oxygen atoms in total. The molecule has 1 aromatic carbocycles. The minimum Gasteiger partial charge on any atom is -0.425 e. The van der Waals surface area contributed by atoms with Crippen LogP contribution >= 0.6 is 0 Å². The summed E-state index contributed by atoms with van der Waals surface area (Å²) in [5, 5.41) is 0. The van der Waals surface area contributed by atoms with Crippen molar-refractivity contribution in [3.05, 3.63) is 29.8 Å². The topological polar surface area (TPSA) is 52.3 Å². The number of carbonyl (C=O) groups excluding carboxylic acids is 1. The molecule has 0 aliphatic heterocycles. The lowest BCUT2D eigenvalue weighted by molar-refractivity contribution is -0.135. The zero-order chi connectivity index (χ0) is 10.6. The third kappa shape index (κ3) is 2.85. The summed E-state index contributed by atoms with van der Waals surface area (Å²) in [6.07, 6.45) is 0.974. The Balaban J connectivity index is 2.64. The minimum absolute atomic E-state index is 0.408. The first-order valence-electron chi connectivity index (χ1n) is 4.69. The molecule has 0 aromatic heterocycles. The standard InChI is InChI=1S/C11H15NO2/c1-3-9-4-6-10(7-5-9)14-11(13)8(2)12/h4-8H,3,12H2,1-2H3. The first-order chi connectivity index (χ1) is 6.63. The smallest absolute Gasteiger partial charge is 0.328 e. The fraction of sp³-hybridized carbons (Fsp3) is 0.364. The van der Waals surface area contributed by atoms with Crippen LogP contribution in [0.15, 0.2) is 24.3 Å². The van der Waals surface area contributed by atoms with Crippen LogP contribution in [0.25, 0.3) is 0 Å². The molecular weight excluding hydrogens is 178 g/mol. The van der Waals surface area contributed by atoms with Gasteiger partial charge in [0.25, 0.3) is 0 Å². The van der Waals surface area contributed by atoms with E-state index in [0.29, 0.717) is 5.75 Å². The van der Waals surface area contributed by atoms with Crippen molar-refractivity contribution in [3.63, 3.8) is 0 Å². The summed E-state index contributed by atoms with van der Waals surface area (Å²) < 4.78 is 5.01. The van der Waals surface area contributed by atoms with Crippen molar-refractivity contribution in [2.24, 2.45) is 5.73 Å². The van der Waals surface area contributed by atoms with Crippen LogP contribution in [-0.2, 0) is 11.2 Å². The average Bonchev–Trinajstić information content (AvgIpc) is 2.19. The highest BCUT2D eigenvalue weighted by Gasteiger charge is 2.09. The van der Waals surface area contributed by atoms with Gasteiger partial charge in [0.1, 0.15) is 11.8 Å². The van der Waals surface area contributed by atoms with Gasteiger partial charge in [-0.25, -0.2) is 4.79 Å². The van der Waals surface area contributed by atoms with Gasteiger partial charge >= 0.3 is 5.97 Å². The second-order valence-corrected chi connectivity index (χ2v) is 3.21. The van der Waals surface area contributed by atoms with Gasteiger partial charge in [0.15, 0.2) is 0 Å². The van der Waals surface area contributed by atoms with E-state index in [1.165, 1.54) is 5.56 Å². The number of carbonyl (C=O) groups is 1. The minimum atomic E-state index is -0.583. The first kappa shape index (κ1) is 10.7. The normalized spacial score (nSPS) is 12.2. The Kier molecular flexibility index (Phi) is 3.65. The summed E-state index contributed by atoms with van der Waals surface area (Å²) in [6, 6.07) is 6.84. The van der Waals surface area contributed by atoms with Crippen LogP contribution in [0, 0.1) is 0 Å². The highest BCUT2D eigenvalue weighted by Crippen LogP contribution is 2.12. The largest absolute Gasteiger partial charge is 0.425 e. The Bertz CT molecular complexity index is 304. The van der Waals surface area contributed by atoms with Crippen LogP contribution in [0.3, 0.4) is 0 Å². The maximum atomic E-state index is 11.1. The maximum absolute atomic E-state index is 11.1. The van der Waals surface area contributed by atoms with Crippen molar-refractivity contribution in [1.29, 1.82) is 0 Å². The van der Waals surface area contributed by atoms with E-state index in [1.807, 2.05) is 12.1 Å². The van der Waals surface area contributed by atoms with Crippen molar-refractivity contribution in [1.82, 2.24) is 0 Å². The van der Waals surface area contributed by atoms with Crippen molar-refractivity contribution >= 4 is 5.97 Å². The predicted octanol–water partition coefficient (Wildman–Crippen LogP) is 1.50. The van der Waals surface area contributed by atoms with Crippen LogP contribution in [0.2, 0.25) is 0 Å². The monoisotopic (exact) mass is 193 g/mol. The Labute approximate surface area is 83.9 Å². The fourth-order valence-electron chi connectivity index (χ4n) is 1.00. The van der Waals surface area contributed by atoms with Crippen molar-refractivity contribution in [2.45, 2.75) is 26.3 Å². The number of hydrogen-bond donors (Lipinski definition) is 1. The van der Waals surface area contributed by atoms with Crippen molar-refractivity contribution in [2.75, 3.05) is 0 Å². The Morgan fingerprint density at radius 3 is 2.43 bits per heavy atom. The summed E-state index contributed by atoms with van der Waals surface area (Å²) in [5.74, 6) is 0.138. The molecule has 2 N–H and O–H groups in total. The van der Waals surface area contributed by atoms with Crippen molar-refractivity contribution in [3.8, 4) is 5.75 Å². The molecule has 0 saturated heterocycles. The number of nitrogens with two attached hydrogens (primary N) is 1. The SMILES string of the molecule is CCc1ccc(OC(=O)C(C)N)cc1. The molecule has 0 amide bonds. The maximum Gasteiger partial charge on any atom is 0.328 e. The lowest BCUT2D eigenvalue weighted by Gasteiger charge is -2.06. The van der Waals surface area contributed by atoms with Gasteiger partial charge in [-0.3, -0.25) is 0 Å². The Morgan fingerprint density at radius 1 is 1.43 bits per heavy atom. The van der Waals surface area contributed by atoms with E-state index < -0.39 is 12.0 Å². The zero-order valence-corrected chi connectivity index (χ0v) is 8.49. The molecule has 14 heavy (non-hydrogen) atoms. The van der Waals surface area contributed by atoms with E-state index in [-0.39, 0.29) is 0 Å². The van der Waals surface area contributed by atoms with Gasteiger partial charge in [-0.1, -0.05) is 19.1 Å². The molecule has 0 aliphatic rings. The number of rotatable bonds is 3. The van der Waals surface area contributed by atoms with Crippen LogP contribution < -0.4 is 10.5 Å². The van der Waals surface area contributed by atoms with Gasteiger partial charge < -0.3 is 10.5 Å². The van der Waals surface area contributed by atoms with E-state index in [9.17, 15) is 4.79 Å². The molecule has 0 fully saturated rings. The van der Waals surface area contributed by atoms with Gasteiger partial charge in [0.05, 0.1) is 0 Å². The molecule has 0 spiro atoms. The number of hydrogen-bond acceptors (Lipinski definition) is 3. The fourth-order valence-corrected chi connectivity index (χ4v) is 1.00. The summed E-state index contributed by atoms with van der Waals surface area (Å²) in [6.45, 7) is 3.67. The molecule has 0 radical (unpaired) electrons. The molecule has 3 heteroatoms. The van der Waals surface area contributed by atoms with Crippen LogP contribution in [-0.4, -0.2) is 12.0 Å². The van der Waals surface area contributed by atoms with Gasteiger partial charge in [-0.15, -0.1) is 0 Å². The van der Waals surface area contributed by atoms with Crippen LogP contribution in [0.5, 0.6) is 5.75 Å². The quantitative estimate of drug-likeness (QED) is 0.584. The summed E-state index contributed by atoms with van der Waals surface area (Å²) >= 11 is 0. The third-order valence-electron chi connectivity index (χ3n) is 1.92. The average molecular weight is 193 g/mol. The number of aryl methyl sites for hydroxylation is 1. The number of benzene rings is 1. The highest BCUT2D eigenvalue weighted by atomic mass is 16.5. The molecule has 0 saturated carbocycles. The molecule has 1 atom stereocenters. The second kappa shape index (κ2) is 4.77. The van der Waals surface area contributed by atoms with E-state index in [4.69, 9.17) is 10.5 Å². The molecular formula is C11H15NO2. The van der Waals surface area contributed by atoms with Crippen molar-refractivity contribution < 1.29 is 9.53 Å². The Morgan fingerprint density at radius 2 is 2.00 bits per heavy atom. The van der Waals surface area contributed by atoms with E-state index in [2.05, 4.69) is 6.92 Å². The van der Waals surface area contributed by atoms with E-state index in [0.717, 1.165) is 6.42 Å². The second-order valence-electron chi connectivity index (χ2n) is 3.21. The summed E-state index contributed by atoms with van der Waals surface area (Å²) in [7, 11) is 0. The predicted molar refractivity (Wildman–Crippen MR) is 55.1 cm³/mol. The van der Waals surface area contributed by atoms with Crippen LogP contribution in [0.1, 0.15) is 19.4 Å². The third-order valence-corrected chi connectivity index (χ3v) is 1.92. The lowest BCUT2D eigenvalue weighted by atomic mass is 10.2. The number of ether oxygens (including phenoxy) is 1. The molecule has 1 unspecified atom stereocenters. The Hall–Kier alpha value is -1.35. The zero-order valence-electron chi connectivity index (χ0n) is 8.49. The highest BCUT2D eigenvalue weighted by molar-refractivity contribution is 5.77. The summed E-state index contributed by atoms with van der Waals surface area (Å²) in [4.78, 5) is 11.1.